The zero-order chi connectivity index (χ0) is 22.0. The van der Waals surface area contributed by atoms with E-state index in [0.717, 1.165) is 11.1 Å². The van der Waals surface area contributed by atoms with Crippen molar-refractivity contribution in [2.45, 2.75) is 26.7 Å². The number of allylic oxidation sites excluding steroid dienone is 1. The van der Waals surface area contributed by atoms with Gasteiger partial charge in [-0.05, 0) is 42.8 Å². The van der Waals surface area contributed by atoms with Crippen molar-refractivity contribution in [2.75, 3.05) is 7.11 Å². The normalized spacial score (nSPS) is 13.8. The van der Waals surface area contributed by atoms with Crippen molar-refractivity contribution < 1.29 is 28.3 Å². The highest BCUT2D eigenvalue weighted by atomic mass is 16.5. The largest absolute Gasteiger partial charge is 0.479 e. The van der Waals surface area contributed by atoms with Gasteiger partial charge in [0, 0.05) is 18.1 Å². The van der Waals surface area contributed by atoms with Crippen LogP contribution < -0.4 is 14.2 Å². The first-order chi connectivity index (χ1) is 14.9. The van der Waals surface area contributed by atoms with Gasteiger partial charge in [0.1, 0.15) is 17.3 Å². The van der Waals surface area contributed by atoms with E-state index in [1.165, 1.54) is 7.11 Å². The van der Waals surface area contributed by atoms with Gasteiger partial charge in [0.25, 0.3) is 5.88 Å². The van der Waals surface area contributed by atoms with Crippen molar-refractivity contribution in [3.8, 4) is 17.4 Å². The number of carbonyl (C=O) groups excluding carboxylic acids is 2. The van der Waals surface area contributed by atoms with Crippen molar-refractivity contribution in [1.29, 1.82) is 0 Å². The number of benzene rings is 2. The van der Waals surface area contributed by atoms with Crippen LogP contribution in [0.1, 0.15) is 39.2 Å². The fourth-order valence-corrected chi connectivity index (χ4v) is 3.30. The number of hydrogen-bond donors (Lipinski definition) is 0. The maximum Gasteiger partial charge on any atom is 0.311 e. The van der Waals surface area contributed by atoms with E-state index in [-0.39, 0.29) is 18.0 Å². The summed E-state index contributed by atoms with van der Waals surface area (Å²) in [5.74, 6) is 1.26. The molecule has 1 aliphatic rings. The van der Waals surface area contributed by atoms with Gasteiger partial charge in [0.2, 0.25) is 5.78 Å². The van der Waals surface area contributed by atoms with Crippen LogP contribution >= 0.6 is 0 Å². The van der Waals surface area contributed by atoms with Crippen molar-refractivity contribution in [1.82, 2.24) is 5.16 Å². The molecule has 7 heteroatoms. The molecular weight excluding hydrogens is 398 g/mol. The third-order valence-corrected chi connectivity index (χ3v) is 4.92. The van der Waals surface area contributed by atoms with E-state index in [1.807, 2.05) is 31.2 Å². The molecular formula is C24H21NO6. The van der Waals surface area contributed by atoms with Crippen LogP contribution in [0.4, 0.5) is 0 Å². The molecule has 0 amide bonds. The van der Waals surface area contributed by atoms with Gasteiger partial charge < -0.3 is 18.7 Å². The smallest absolute Gasteiger partial charge is 0.311 e. The van der Waals surface area contributed by atoms with Crippen LogP contribution in [0, 0.1) is 13.8 Å². The van der Waals surface area contributed by atoms with Gasteiger partial charge in [0.05, 0.1) is 19.1 Å². The molecule has 0 atom stereocenters. The summed E-state index contributed by atoms with van der Waals surface area (Å²) in [5.41, 5.74) is 3.01. The Balaban J connectivity index is 1.47. The van der Waals surface area contributed by atoms with E-state index in [2.05, 4.69) is 5.16 Å². The number of rotatable bonds is 6. The lowest BCUT2D eigenvalue weighted by atomic mass is 10.1. The van der Waals surface area contributed by atoms with Gasteiger partial charge in [-0.25, -0.2) is 0 Å². The summed E-state index contributed by atoms with van der Waals surface area (Å²) in [6.07, 6.45) is 2.15. The predicted octanol–water partition coefficient (Wildman–Crippen LogP) is 4.45. The molecule has 0 bridgehead atoms. The minimum atomic E-state index is -0.432. The first-order valence-electron chi connectivity index (χ1n) is 9.79. The molecule has 7 nitrogen and oxygen atoms in total. The fourth-order valence-electron chi connectivity index (χ4n) is 3.30. The number of carbonyl (C=O) groups is 2. The summed E-state index contributed by atoms with van der Waals surface area (Å²) in [7, 11) is 1.49. The molecule has 4 rings (SSSR count). The van der Waals surface area contributed by atoms with Gasteiger partial charge in [-0.1, -0.05) is 29.8 Å². The zero-order valence-electron chi connectivity index (χ0n) is 17.4. The van der Waals surface area contributed by atoms with Gasteiger partial charge in [-0.15, -0.1) is 0 Å². The van der Waals surface area contributed by atoms with Crippen molar-refractivity contribution in [3.63, 3.8) is 0 Å². The van der Waals surface area contributed by atoms with Crippen LogP contribution in [0.5, 0.6) is 17.4 Å². The Morgan fingerprint density at radius 1 is 1.16 bits per heavy atom. The van der Waals surface area contributed by atoms with Crippen LogP contribution in [0.15, 0.2) is 52.7 Å². The second-order valence-electron chi connectivity index (χ2n) is 7.23. The van der Waals surface area contributed by atoms with Crippen LogP contribution in [0.3, 0.4) is 0 Å². The average Bonchev–Trinajstić information content (AvgIpc) is 3.34. The maximum atomic E-state index is 12.7. The monoisotopic (exact) mass is 419 g/mol. The lowest BCUT2D eigenvalue weighted by molar-refractivity contribution is -0.134. The van der Waals surface area contributed by atoms with E-state index in [4.69, 9.17) is 18.7 Å². The van der Waals surface area contributed by atoms with Crippen LogP contribution in [0.2, 0.25) is 0 Å². The third-order valence-electron chi connectivity index (χ3n) is 4.92. The summed E-state index contributed by atoms with van der Waals surface area (Å²) >= 11 is 0. The number of fused-ring (bicyclic) bond motifs is 1. The number of ketones is 1. The van der Waals surface area contributed by atoms with E-state index in [9.17, 15) is 9.59 Å². The molecule has 158 valence electrons. The molecule has 0 saturated carbocycles. The standard InChI is InChI=1S/C24H21NO6/c1-14-5-4-6-16(11-14)12-20-23(27)18-8-9-19(15(2)24(18)30-20)29-22(26)10-7-17-13-21(28-3)25-31-17/h4-6,8-9,11-13H,7,10H2,1-3H3/b20-12-. The summed E-state index contributed by atoms with van der Waals surface area (Å²) in [5, 5.41) is 3.70. The molecule has 0 N–H and O–H groups in total. The molecule has 0 aliphatic carbocycles. The Morgan fingerprint density at radius 3 is 2.74 bits per heavy atom. The lowest BCUT2D eigenvalue weighted by Crippen LogP contribution is -2.10. The van der Waals surface area contributed by atoms with E-state index in [0.29, 0.717) is 40.7 Å². The molecule has 3 aromatic rings. The molecule has 1 aromatic heterocycles. The molecule has 2 heterocycles. The molecule has 1 aliphatic heterocycles. The number of nitrogens with zero attached hydrogens (tertiary/aromatic N) is 1. The fraction of sp³-hybridized carbons (Fsp3) is 0.208. The average molecular weight is 419 g/mol. The summed E-state index contributed by atoms with van der Waals surface area (Å²) < 4.78 is 21.4. The van der Waals surface area contributed by atoms with E-state index >= 15 is 0 Å². The third kappa shape index (κ3) is 4.35. The topological polar surface area (TPSA) is 87.9 Å². The number of ether oxygens (including phenoxy) is 3. The van der Waals surface area contributed by atoms with Crippen molar-refractivity contribution in [2.24, 2.45) is 0 Å². The van der Waals surface area contributed by atoms with E-state index in [1.54, 1.807) is 31.2 Å². The number of aryl methyl sites for hydroxylation is 2. The molecule has 31 heavy (non-hydrogen) atoms. The molecule has 0 fully saturated rings. The number of hydrogen-bond acceptors (Lipinski definition) is 7. The van der Waals surface area contributed by atoms with Crippen LogP contribution in [-0.2, 0) is 11.2 Å². The Bertz CT molecular complexity index is 1190. The number of Topliss-reactive ketones (excluding diaryl/α,β-unsaturated/α-hetero) is 1. The van der Waals surface area contributed by atoms with Crippen LogP contribution in [-0.4, -0.2) is 24.0 Å². The lowest BCUT2D eigenvalue weighted by Gasteiger charge is -2.09. The molecule has 0 unspecified atom stereocenters. The maximum absolute atomic E-state index is 12.7. The SMILES string of the molecule is COc1cc(CCC(=O)Oc2ccc3c(c2C)O/C(=C\c2cccc(C)c2)C3=O)on1. The minimum Gasteiger partial charge on any atom is -0.479 e. The first kappa shape index (κ1) is 20.4. The minimum absolute atomic E-state index is 0.104. The molecule has 0 spiro atoms. The second-order valence-corrected chi connectivity index (χ2v) is 7.23. The highest BCUT2D eigenvalue weighted by molar-refractivity contribution is 6.15. The molecule has 0 saturated heterocycles. The Kier molecular flexibility index (Phi) is 5.58. The number of aromatic nitrogens is 1. The van der Waals surface area contributed by atoms with Crippen molar-refractivity contribution >= 4 is 17.8 Å². The summed E-state index contributed by atoms with van der Waals surface area (Å²) in [6, 6.07) is 12.6. The Hall–Kier alpha value is -3.87. The van der Waals surface area contributed by atoms with Gasteiger partial charge in [-0.3, -0.25) is 9.59 Å². The number of methoxy groups -OCH3 is 1. The molecule has 0 radical (unpaired) electrons. The highest BCUT2D eigenvalue weighted by Gasteiger charge is 2.30. The molecule has 2 aromatic carbocycles. The first-order valence-corrected chi connectivity index (χ1v) is 9.79. The van der Waals surface area contributed by atoms with Gasteiger partial charge in [0.15, 0.2) is 5.76 Å². The van der Waals surface area contributed by atoms with Gasteiger partial charge >= 0.3 is 5.97 Å². The van der Waals surface area contributed by atoms with Crippen LogP contribution in [0.25, 0.3) is 6.08 Å². The van der Waals surface area contributed by atoms with Crippen molar-refractivity contribution in [3.05, 3.63) is 76.2 Å². The summed E-state index contributed by atoms with van der Waals surface area (Å²) in [4.78, 5) is 25.0. The Labute approximate surface area is 179 Å². The van der Waals surface area contributed by atoms with Gasteiger partial charge in [-0.2, -0.15) is 0 Å². The predicted molar refractivity (Wildman–Crippen MR) is 112 cm³/mol. The van der Waals surface area contributed by atoms with E-state index < -0.39 is 5.97 Å². The second kappa shape index (κ2) is 8.47. The number of esters is 1. The summed E-state index contributed by atoms with van der Waals surface area (Å²) in [6.45, 7) is 3.74. The highest BCUT2D eigenvalue weighted by Crippen LogP contribution is 2.39. The Morgan fingerprint density at radius 2 is 2.00 bits per heavy atom. The quantitative estimate of drug-likeness (QED) is 0.331. The zero-order valence-corrected chi connectivity index (χ0v) is 17.4.